The van der Waals surface area contributed by atoms with Gasteiger partial charge in [-0.2, -0.15) is 0 Å². The van der Waals surface area contributed by atoms with Gasteiger partial charge in [-0.3, -0.25) is 0 Å². The van der Waals surface area contributed by atoms with Gasteiger partial charge in [-0.25, -0.2) is 20.4 Å². The molecule has 0 heterocycles. The Kier molecular flexibility index (Phi) is 5.36. The fraction of sp³-hybridized carbons (Fsp3) is 0.273. The predicted molar refractivity (Wildman–Crippen MR) is 62.0 cm³/mol. The van der Waals surface area contributed by atoms with Crippen LogP contribution in [0.2, 0.25) is 0 Å². The monoisotopic (exact) mass is 237 g/mol. The first-order chi connectivity index (χ1) is 8.22. The molecular formula is C11H15N3O3. The third kappa shape index (κ3) is 5.41. The zero-order chi connectivity index (χ0) is 12.5. The van der Waals surface area contributed by atoms with Crippen LogP contribution < -0.4 is 16.2 Å². The molecule has 6 nitrogen and oxygen atoms in total. The molecule has 0 aliphatic carbocycles. The van der Waals surface area contributed by atoms with Crippen LogP contribution in [0.3, 0.4) is 0 Å². The Bertz CT molecular complexity index is 367. The first kappa shape index (κ1) is 12.8. The van der Waals surface area contributed by atoms with E-state index in [1.807, 2.05) is 30.3 Å². The van der Waals surface area contributed by atoms with Gasteiger partial charge in [0.2, 0.25) is 0 Å². The van der Waals surface area contributed by atoms with Crippen molar-refractivity contribution in [3.8, 4) is 0 Å². The zero-order valence-electron chi connectivity index (χ0n) is 9.53. The summed E-state index contributed by atoms with van der Waals surface area (Å²) in [5.41, 5.74) is 5.23. The summed E-state index contributed by atoms with van der Waals surface area (Å²) in [6.07, 6.45) is -0.692. The van der Waals surface area contributed by atoms with E-state index in [0.29, 0.717) is 6.54 Å². The molecule has 6 heteroatoms. The van der Waals surface area contributed by atoms with Gasteiger partial charge in [0.25, 0.3) is 0 Å². The lowest BCUT2D eigenvalue weighted by Gasteiger charge is -2.08. The fourth-order valence-electron chi connectivity index (χ4n) is 1.10. The summed E-state index contributed by atoms with van der Waals surface area (Å²) in [4.78, 5) is 22.1. The number of carbonyl (C=O) groups is 2. The minimum absolute atomic E-state index is 0.249. The number of benzene rings is 1. The molecule has 1 aromatic rings. The number of carbonyl (C=O) groups excluding carboxylic acids is 2. The first-order valence-corrected chi connectivity index (χ1v) is 5.23. The molecule has 0 aliphatic heterocycles. The molecule has 3 amide bonds. The van der Waals surface area contributed by atoms with Gasteiger partial charge >= 0.3 is 12.1 Å². The largest absolute Gasteiger partial charge is 0.449 e. The lowest BCUT2D eigenvalue weighted by Crippen LogP contribution is -2.46. The van der Waals surface area contributed by atoms with Gasteiger partial charge in [-0.1, -0.05) is 30.3 Å². The molecule has 0 saturated carbocycles. The maximum Gasteiger partial charge on any atom is 0.426 e. The second kappa shape index (κ2) is 7.10. The number of nitrogens with one attached hydrogen (secondary N) is 3. The van der Waals surface area contributed by atoms with Crippen LogP contribution in [0.4, 0.5) is 9.59 Å². The summed E-state index contributed by atoms with van der Waals surface area (Å²) in [6, 6.07) is 8.93. The maximum absolute atomic E-state index is 11.2. The smallest absolute Gasteiger partial charge is 0.426 e. The van der Waals surface area contributed by atoms with Crippen LogP contribution in [0.25, 0.3) is 0 Å². The van der Waals surface area contributed by atoms with Crippen molar-refractivity contribution < 1.29 is 14.3 Å². The highest BCUT2D eigenvalue weighted by Crippen LogP contribution is 1.96. The van der Waals surface area contributed by atoms with E-state index in [0.717, 1.165) is 5.56 Å². The van der Waals surface area contributed by atoms with E-state index >= 15 is 0 Å². The highest BCUT2D eigenvalue weighted by molar-refractivity contribution is 5.77. The van der Waals surface area contributed by atoms with Crippen LogP contribution in [0.1, 0.15) is 12.5 Å². The zero-order valence-corrected chi connectivity index (χ0v) is 9.53. The lowest BCUT2D eigenvalue weighted by atomic mass is 10.2. The summed E-state index contributed by atoms with van der Waals surface area (Å²) < 4.78 is 4.56. The fourth-order valence-corrected chi connectivity index (χ4v) is 1.10. The number of ether oxygens (including phenoxy) is 1. The van der Waals surface area contributed by atoms with Gasteiger partial charge in [0, 0.05) is 6.54 Å². The molecule has 0 radical (unpaired) electrons. The normalized spacial score (nSPS) is 9.24. The molecule has 0 fully saturated rings. The molecule has 0 bridgehead atoms. The van der Waals surface area contributed by atoms with Crippen molar-refractivity contribution in [3.63, 3.8) is 0 Å². The van der Waals surface area contributed by atoms with Crippen LogP contribution in [0.15, 0.2) is 30.3 Å². The van der Waals surface area contributed by atoms with Crippen LogP contribution in [0, 0.1) is 0 Å². The average molecular weight is 237 g/mol. The van der Waals surface area contributed by atoms with Crippen molar-refractivity contribution in [2.24, 2.45) is 0 Å². The Morgan fingerprint density at radius 2 is 1.88 bits per heavy atom. The number of rotatable bonds is 3. The van der Waals surface area contributed by atoms with Crippen molar-refractivity contribution in [1.82, 2.24) is 16.2 Å². The maximum atomic E-state index is 11.2. The molecule has 0 unspecified atom stereocenters. The van der Waals surface area contributed by atoms with Gasteiger partial charge in [0.1, 0.15) is 0 Å². The predicted octanol–water partition coefficient (Wildman–Crippen LogP) is 1.15. The quantitative estimate of drug-likeness (QED) is 0.690. The molecular weight excluding hydrogens is 222 g/mol. The summed E-state index contributed by atoms with van der Waals surface area (Å²) >= 11 is 0. The molecule has 0 spiro atoms. The van der Waals surface area contributed by atoms with E-state index in [1.54, 1.807) is 6.92 Å². The summed E-state index contributed by atoms with van der Waals surface area (Å²) in [5, 5.41) is 2.58. The van der Waals surface area contributed by atoms with Crippen LogP contribution in [0.5, 0.6) is 0 Å². The third-order valence-electron chi connectivity index (χ3n) is 1.85. The van der Waals surface area contributed by atoms with E-state index in [9.17, 15) is 9.59 Å². The van der Waals surface area contributed by atoms with Crippen molar-refractivity contribution in [2.45, 2.75) is 13.5 Å². The van der Waals surface area contributed by atoms with E-state index < -0.39 is 12.1 Å². The van der Waals surface area contributed by atoms with Crippen molar-refractivity contribution in [3.05, 3.63) is 35.9 Å². The molecule has 17 heavy (non-hydrogen) atoms. The average Bonchev–Trinajstić information content (AvgIpc) is 2.35. The van der Waals surface area contributed by atoms with Gasteiger partial charge in [-0.05, 0) is 12.5 Å². The molecule has 0 atom stereocenters. The highest BCUT2D eigenvalue weighted by Gasteiger charge is 2.03. The van der Waals surface area contributed by atoms with Gasteiger partial charge in [0.05, 0.1) is 6.61 Å². The first-order valence-electron chi connectivity index (χ1n) is 5.23. The van der Waals surface area contributed by atoms with E-state index in [2.05, 4.69) is 20.9 Å². The summed E-state index contributed by atoms with van der Waals surface area (Å²) in [6.45, 7) is 2.31. The van der Waals surface area contributed by atoms with Crippen molar-refractivity contribution in [1.29, 1.82) is 0 Å². The molecule has 0 aromatic heterocycles. The Morgan fingerprint density at radius 3 is 2.53 bits per heavy atom. The van der Waals surface area contributed by atoms with Crippen LogP contribution in [-0.4, -0.2) is 18.7 Å². The van der Waals surface area contributed by atoms with Gasteiger partial charge in [0.15, 0.2) is 0 Å². The number of amides is 3. The molecule has 0 aliphatic rings. The molecule has 0 saturated heterocycles. The Balaban J connectivity index is 2.20. The molecule has 92 valence electrons. The van der Waals surface area contributed by atoms with E-state index in [1.165, 1.54) is 0 Å². The molecule has 1 rings (SSSR count). The highest BCUT2D eigenvalue weighted by atomic mass is 16.6. The van der Waals surface area contributed by atoms with E-state index in [4.69, 9.17) is 0 Å². The van der Waals surface area contributed by atoms with Gasteiger partial charge in [-0.15, -0.1) is 0 Å². The second-order valence-electron chi connectivity index (χ2n) is 3.14. The topological polar surface area (TPSA) is 79.5 Å². The van der Waals surface area contributed by atoms with Gasteiger partial charge < -0.3 is 10.1 Å². The summed E-state index contributed by atoms with van der Waals surface area (Å²) in [5.74, 6) is 0. The number of hydrogen-bond donors (Lipinski definition) is 3. The van der Waals surface area contributed by atoms with Crippen LogP contribution in [-0.2, 0) is 11.3 Å². The van der Waals surface area contributed by atoms with E-state index in [-0.39, 0.29) is 6.61 Å². The standard InChI is InChI=1S/C11H15N3O3/c1-2-17-11(16)14-13-10(15)12-8-9-6-4-3-5-7-9/h3-7H,2,8H2,1H3,(H,14,16)(H2,12,13,15). The Hall–Kier alpha value is -2.24. The number of hydrazine groups is 1. The number of urea groups is 1. The minimum Gasteiger partial charge on any atom is -0.449 e. The SMILES string of the molecule is CCOC(=O)NNC(=O)NCc1ccccc1. The molecule has 3 N–H and O–H groups in total. The Morgan fingerprint density at radius 1 is 1.18 bits per heavy atom. The molecule has 1 aromatic carbocycles. The second-order valence-corrected chi connectivity index (χ2v) is 3.14. The summed E-state index contributed by atoms with van der Waals surface area (Å²) in [7, 11) is 0. The number of hydrogen-bond acceptors (Lipinski definition) is 3. The third-order valence-corrected chi connectivity index (χ3v) is 1.85. The Labute approximate surface area is 99.3 Å². The van der Waals surface area contributed by atoms with Crippen molar-refractivity contribution in [2.75, 3.05) is 6.61 Å². The lowest BCUT2D eigenvalue weighted by molar-refractivity contribution is 0.147. The van der Waals surface area contributed by atoms with Crippen LogP contribution >= 0.6 is 0 Å². The minimum atomic E-state index is -0.692. The van der Waals surface area contributed by atoms with Crippen molar-refractivity contribution >= 4 is 12.1 Å².